The number of hydrogen-bond donors (Lipinski definition) is 0. The molecule has 0 spiro atoms. The molecule has 5 heteroatoms. The summed E-state index contributed by atoms with van der Waals surface area (Å²) in [7, 11) is 3.43. The monoisotopic (exact) mass is 289 g/mol. The third-order valence-electron chi connectivity index (χ3n) is 3.81. The maximum Gasteiger partial charge on any atom is 0.223 e. The van der Waals surface area contributed by atoms with Crippen LogP contribution in [0.1, 0.15) is 12.8 Å². The summed E-state index contributed by atoms with van der Waals surface area (Å²) in [5, 5.41) is 0. The van der Waals surface area contributed by atoms with Gasteiger partial charge in [-0.2, -0.15) is 0 Å². The topological polar surface area (TPSA) is 43.9 Å². The van der Waals surface area contributed by atoms with Gasteiger partial charge in [0.1, 0.15) is 0 Å². The van der Waals surface area contributed by atoms with E-state index in [1.165, 1.54) is 10.6 Å². The average Bonchev–Trinajstić information content (AvgIpc) is 2.53. The molecule has 0 unspecified atom stereocenters. The van der Waals surface area contributed by atoms with Crippen molar-refractivity contribution >= 4 is 17.5 Å². The van der Waals surface area contributed by atoms with Gasteiger partial charge in [-0.15, -0.1) is 0 Å². The molecule has 1 saturated heterocycles. The molecule has 1 heterocycles. The molecule has 2 amide bonds. The van der Waals surface area contributed by atoms with E-state index in [9.17, 15) is 9.59 Å². The Hall–Kier alpha value is -2.04. The molecule has 1 fully saturated rings. The zero-order valence-corrected chi connectivity index (χ0v) is 12.8. The molecular weight excluding hydrogens is 266 g/mol. The quantitative estimate of drug-likeness (QED) is 0.836. The van der Waals surface area contributed by atoms with Gasteiger partial charge in [-0.05, 0) is 12.1 Å². The van der Waals surface area contributed by atoms with Crippen molar-refractivity contribution in [2.45, 2.75) is 12.8 Å². The first-order chi connectivity index (χ1) is 10.1. The molecular formula is C16H23N3O2. The predicted octanol–water partition coefficient (Wildman–Crippen LogP) is 1.20. The van der Waals surface area contributed by atoms with Crippen molar-refractivity contribution in [3.05, 3.63) is 30.3 Å². The first-order valence-corrected chi connectivity index (χ1v) is 7.36. The fourth-order valence-electron chi connectivity index (χ4n) is 2.45. The summed E-state index contributed by atoms with van der Waals surface area (Å²) in [5.41, 5.74) is 1.20. The van der Waals surface area contributed by atoms with Crippen molar-refractivity contribution in [1.29, 1.82) is 0 Å². The number of para-hydroxylation sites is 1. The van der Waals surface area contributed by atoms with Crippen LogP contribution in [0.2, 0.25) is 0 Å². The zero-order valence-electron chi connectivity index (χ0n) is 12.8. The molecule has 0 aliphatic carbocycles. The molecule has 1 aromatic rings. The Balaban J connectivity index is 1.78. The lowest BCUT2D eigenvalue weighted by molar-refractivity contribution is -0.136. The maximum atomic E-state index is 12.1. The highest BCUT2D eigenvalue weighted by atomic mass is 16.2. The number of anilines is 1. The first-order valence-electron chi connectivity index (χ1n) is 7.36. The number of carbonyl (C=O) groups excluding carboxylic acids is 2. The van der Waals surface area contributed by atoms with E-state index in [1.54, 1.807) is 14.1 Å². The Morgan fingerprint density at radius 1 is 1.00 bits per heavy atom. The average molecular weight is 289 g/mol. The van der Waals surface area contributed by atoms with Gasteiger partial charge in [-0.3, -0.25) is 9.59 Å². The molecule has 0 N–H and O–H groups in total. The smallest absolute Gasteiger partial charge is 0.223 e. The van der Waals surface area contributed by atoms with Crippen LogP contribution in [0.3, 0.4) is 0 Å². The molecule has 2 rings (SSSR count). The SMILES string of the molecule is CN(C)C(=O)CCC(=O)N1CCN(c2ccccc2)CC1. The molecule has 0 atom stereocenters. The molecule has 114 valence electrons. The second kappa shape index (κ2) is 7.11. The number of piperazine rings is 1. The van der Waals surface area contributed by atoms with Crippen molar-refractivity contribution in [2.24, 2.45) is 0 Å². The van der Waals surface area contributed by atoms with E-state index in [-0.39, 0.29) is 11.8 Å². The number of hydrogen-bond acceptors (Lipinski definition) is 3. The highest BCUT2D eigenvalue weighted by Gasteiger charge is 2.21. The van der Waals surface area contributed by atoms with E-state index >= 15 is 0 Å². The number of amides is 2. The van der Waals surface area contributed by atoms with Gasteiger partial charge in [0, 0.05) is 58.8 Å². The lowest BCUT2D eigenvalue weighted by Crippen LogP contribution is -2.48. The van der Waals surface area contributed by atoms with Crippen LogP contribution in [0.5, 0.6) is 0 Å². The molecule has 0 saturated carbocycles. The van der Waals surface area contributed by atoms with E-state index in [0.29, 0.717) is 12.8 Å². The molecule has 1 aromatic carbocycles. The highest BCUT2D eigenvalue weighted by Crippen LogP contribution is 2.16. The second-order valence-corrected chi connectivity index (χ2v) is 5.49. The molecule has 5 nitrogen and oxygen atoms in total. The Morgan fingerprint density at radius 3 is 2.19 bits per heavy atom. The molecule has 21 heavy (non-hydrogen) atoms. The summed E-state index contributed by atoms with van der Waals surface area (Å²) in [6.07, 6.45) is 0.604. The van der Waals surface area contributed by atoms with E-state index < -0.39 is 0 Å². The van der Waals surface area contributed by atoms with Gasteiger partial charge in [-0.1, -0.05) is 18.2 Å². The van der Waals surface area contributed by atoms with Crippen LogP contribution in [0.4, 0.5) is 5.69 Å². The third-order valence-corrected chi connectivity index (χ3v) is 3.81. The van der Waals surface area contributed by atoms with Gasteiger partial charge in [0.25, 0.3) is 0 Å². The van der Waals surface area contributed by atoms with Crippen LogP contribution in [0.15, 0.2) is 30.3 Å². The fraction of sp³-hybridized carbons (Fsp3) is 0.500. The Labute approximate surface area is 126 Å². The van der Waals surface area contributed by atoms with Gasteiger partial charge >= 0.3 is 0 Å². The summed E-state index contributed by atoms with van der Waals surface area (Å²) in [6.45, 7) is 3.14. The van der Waals surface area contributed by atoms with Crippen molar-refractivity contribution in [1.82, 2.24) is 9.80 Å². The summed E-state index contributed by atoms with van der Waals surface area (Å²) in [6, 6.07) is 10.2. The van der Waals surface area contributed by atoms with Gasteiger partial charge in [-0.25, -0.2) is 0 Å². The second-order valence-electron chi connectivity index (χ2n) is 5.49. The van der Waals surface area contributed by atoms with Crippen LogP contribution in [-0.4, -0.2) is 61.9 Å². The van der Waals surface area contributed by atoms with Crippen molar-refractivity contribution in [3.63, 3.8) is 0 Å². The Bertz CT molecular complexity index is 480. The first kappa shape index (κ1) is 15.4. The molecule has 1 aliphatic heterocycles. The van der Waals surface area contributed by atoms with Gasteiger partial charge < -0.3 is 14.7 Å². The standard InChI is InChI=1S/C16H23N3O2/c1-17(2)15(20)8-9-16(21)19-12-10-18(11-13-19)14-6-4-3-5-7-14/h3-7H,8-13H2,1-2H3. The molecule has 0 bridgehead atoms. The normalized spacial score (nSPS) is 15.0. The van der Waals surface area contributed by atoms with Crippen LogP contribution in [0.25, 0.3) is 0 Å². The predicted molar refractivity (Wildman–Crippen MR) is 83.2 cm³/mol. The zero-order chi connectivity index (χ0) is 15.2. The van der Waals surface area contributed by atoms with E-state index in [2.05, 4.69) is 17.0 Å². The van der Waals surface area contributed by atoms with Gasteiger partial charge in [0.2, 0.25) is 11.8 Å². The summed E-state index contributed by atoms with van der Waals surface area (Å²) >= 11 is 0. The van der Waals surface area contributed by atoms with Crippen molar-refractivity contribution < 1.29 is 9.59 Å². The van der Waals surface area contributed by atoms with E-state index in [4.69, 9.17) is 0 Å². The minimum Gasteiger partial charge on any atom is -0.368 e. The van der Waals surface area contributed by atoms with Crippen molar-refractivity contribution in [3.8, 4) is 0 Å². The maximum absolute atomic E-state index is 12.1. The Kier molecular flexibility index (Phi) is 5.20. The highest BCUT2D eigenvalue weighted by molar-refractivity contribution is 5.83. The lowest BCUT2D eigenvalue weighted by Gasteiger charge is -2.36. The Morgan fingerprint density at radius 2 is 1.62 bits per heavy atom. The fourth-order valence-corrected chi connectivity index (χ4v) is 2.45. The van der Waals surface area contributed by atoms with Crippen LogP contribution in [-0.2, 0) is 9.59 Å². The number of carbonyl (C=O) groups is 2. The minimum absolute atomic E-state index is 0.00581. The largest absolute Gasteiger partial charge is 0.368 e. The van der Waals surface area contributed by atoms with E-state index in [1.807, 2.05) is 23.1 Å². The summed E-state index contributed by atoms with van der Waals surface area (Å²) < 4.78 is 0. The summed E-state index contributed by atoms with van der Waals surface area (Å²) in [5.74, 6) is 0.0872. The third kappa shape index (κ3) is 4.21. The van der Waals surface area contributed by atoms with Gasteiger partial charge in [0.15, 0.2) is 0 Å². The minimum atomic E-state index is 0.00581. The van der Waals surface area contributed by atoms with Crippen LogP contribution < -0.4 is 4.90 Å². The molecule has 1 aliphatic rings. The van der Waals surface area contributed by atoms with Gasteiger partial charge in [0.05, 0.1) is 0 Å². The molecule has 0 aromatic heterocycles. The summed E-state index contributed by atoms with van der Waals surface area (Å²) in [4.78, 5) is 29.3. The molecule has 0 radical (unpaired) electrons. The van der Waals surface area contributed by atoms with E-state index in [0.717, 1.165) is 26.2 Å². The van der Waals surface area contributed by atoms with Crippen LogP contribution in [0, 0.1) is 0 Å². The van der Waals surface area contributed by atoms with Crippen LogP contribution >= 0.6 is 0 Å². The number of rotatable bonds is 4. The van der Waals surface area contributed by atoms with Crippen molar-refractivity contribution in [2.75, 3.05) is 45.2 Å². The number of nitrogens with zero attached hydrogens (tertiary/aromatic N) is 3. The lowest BCUT2D eigenvalue weighted by atomic mass is 10.2. The number of benzene rings is 1.